The molecule has 6 atom stereocenters. The molecule has 0 unspecified atom stereocenters. The van der Waals surface area contributed by atoms with Crippen LogP contribution >= 0.6 is 0 Å². The summed E-state index contributed by atoms with van der Waals surface area (Å²) in [5, 5.41) is 20.7. The van der Waals surface area contributed by atoms with E-state index in [9.17, 15) is 10.2 Å². The molecular formula is C21H33NO2. The van der Waals surface area contributed by atoms with Crippen molar-refractivity contribution in [2.75, 3.05) is 6.54 Å². The summed E-state index contributed by atoms with van der Waals surface area (Å²) in [6.45, 7) is 4.59. The van der Waals surface area contributed by atoms with Gasteiger partial charge in [0.05, 0.1) is 12.2 Å². The molecule has 134 valence electrons. The summed E-state index contributed by atoms with van der Waals surface area (Å²) in [6.07, 6.45) is 11.5. The molecule has 0 saturated heterocycles. The lowest BCUT2D eigenvalue weighted by Crippen LogP contribution is -2.19. The van der Waals surface area contributed by atoms with E-state index in [1.165, 1.54) is 5.57 Å². The van der Waals surface area contributed by atoms with E-state index in [2.05, 4.69) is 24.0 Å². The van der Waals surface area contributed by atoms with Gasteiger partial charge in [0, 0.05) is 12.3 Å². The van der Waals surface area contributed by atoms with Crippen molar-refractivity contribution in [2.45, 2.75) is 64.6 Å². The molecule has 0 bridgehead atoms. The maximum atomic E-state index is 10.4. The highest BCUT2D eigenvalue weighted by Crippen LogP contribution is 2.50. The van der Waals surface area contributed by atoms with Crippen LogP contribution in [-0.4, -0.2) is 29.0 Å². The van der Waals surface area contributed by atoms with Crippen molar-refractivity contribution in [2.24, 2.45) is 29.4 Å². The number of fused-ring (bicyclic) bond motifs is 1. The largest absolute Gasteiger partial charge is 0.392 e. The predicted octanol–water partition coefficient (Wildman–Crippen LogP) is 3.03. The fourth-order valence-corrected chi connectivity index (χ4v) is 4.18. The van der Waals surface area contributed by atoms with Crippen molar-refractivity contribution >= 4 is 0 Å². The summed E-state index contributed by atoms with van der Waals surface area (Å²) in [6, 6.07) is 0. The van der Waals surface area contributed by atoms with Crippen molar-refractivity contribution in [3.8, 4) is 11.8 Å². The van der Waals surface area contributed by atoms with Crippen molar-refractivity contribution < 1.29 is 10.2 Å². The summed E-state index contributed by atoms with van der Waals surface area (Å²) in [7, 11) is 0. The van der Waals surface area contributed by atoms with Gasteiger partial charge in [-0.25, -0.2) is 0 Å². The Morgan fingerprint density at radius 2 is 2.17 bits per heavy atom. The zero-order chi connectivity index (χ0) is 17.5. The maximum Gasteiger partial charge on any atom is 0.0755 e. The molecule has 4 N–H and O–H groups in total. The molecule has 0 amide bonds. The zero-order valence-corrected chi connectivity index (χ0v) is 15.1. The van der Waals surface area contributed by atoms with Crippen LogP contribution in [0.2, 0.25) is 0 Å². The van der Waals surface area contributed by atoms with Crippen molar-refractivity contribution in [1.82, 2.24) is 0 Å². The summed E-state index contributed by atoms with van der Waals surface area (Å²) in [5.41, 5.74) is 7.10. The van der Waals surface area contributed by atoms with E-state index >= 15 is 0 Å². The van der Waals surface area contributed by atoms with Gasteiger partial charge in [0.1, 0.15) is 0 Å². The first-order valence-electron chi connectivity index (χ1n) is 9.38. The number of rotatable bonds is 7. The molecule has 0 aliphatic heterocycles. The Labute approximate surface area is 147 Å². The SMILES string of the molecule is CC#CC[C@@H](C)[C@@H](O)/C=C/[C@@H]1[C@H]2CC(=CCCCN)C[C@H]2C[C@H]1O. The Bertz CT molecular complexity index is 514. The molecule has 0 aromatic rings. The first-order chi connectivity index (χ1) is 11.6. The number of allylic oxidation sites excluding steroid dienone is 2. The van der Waals surface area contributed by atoms with E-state index in [0.29, 0.717) is 18.3 Å². The molecule has 0 radical (unpaired) electrons. The number of unbranched alkanes of at least 4 members (excludes halogenated alkanes) is 1. The third-order valence-corrected chi connectivity index (χ3v) is 5.67. The normalized spacial score (nSPS) is 33.5. The van der Waals surface area contributed by atoms with E-state index < -0.39 is 6.10 Å². The fraction of sp³-hybridized carbons (Fsp3) is 0.714. The van der Waals surface area contributed by atoms with Crippen LogP contribution < -0.4 is 5.73 Å². The summed E-state index contributed by atoms with van der Waals surface area (Å²) >= 11 is 0. The number of nitrogens with two attached hydrogens (primary N) is 1. The Morgan fingerprint density at radius 3 is 2.88 bits per heavy atom. The maximum absolute atomic E-state index is 10.4. The number of aliphatic hydroxyl groups is 2. The van der Waals surface area contributed by atoms with Gasteiger partial charge in [-0.1, -0.05) is 30.7 Å². The average Bonchev–Trinajstić information content (AvgIpc) is 3.07. The van der Waals surface area contributed by atoms with Crippen molar-refractivity contribution in [1.29, 1.82) is 0 Å². The molecule has 2 saturated carbocycles. The van der Waals surface area contributed by atoms with Crippen LogP contribution in [0.3, 0.4) is 0 Å². The molecule has 2 rings (SSSR count). The van der Waals surface area contributed by atoms with Gasteiger partial charge in [0.2, 0.25) is 0 Å². The number of hydrogen-bond donors (Lipinski definition) is 3. The third kappa shape index (κ3) is 4.96. The number of aliphatic hydroxyl groups excluding tert-OH is 2. The monoisotopic (exact) mass is 331 g/mol. The minimum absolute atomic E-state index is 0.123. The van der Waals surface area contributed by atoms with Crippen LogP contribution in [0.15, 0.2) is 23.8 Å². The molecule has 2 aliphatic rings. The second-order valence-electron chi connectivity index (χ2n) is 7.49. The third-order valence-electron chi connectivity index (χ3n) is 5.67. The minimum atomic E-state index is -0.488. The molecule has 2 aliphatic carbocycles. The molecular weight excluding hydrogens is 298 g/mol. The summed E-state index contributed by atoms with van der Waals surface area (Å²) in [4.78, 5) is 0. The van der Waals surface area contributed by atoms with E-state index in [4.69, 9.17) is 5.73 Å². The zero-order valence-electron chi connectivity index (χ0n) is 15.1. The van der Waals surface area contributed by atoms with Gasteiger partial charge in [-0.05, 0) is 63.3 Å². The molecule has 3 nitrogen and oxygen atoms in total. The summed E-state index contributed by atoms with van der Waals surface area (Å²) in [5.74, 6) is 7.32. The Morgan fingerprint density at radius 1 is 1.38 bits per heavy atom. The first-order valence-corrected chi connectivity index (χ1v) is 9.38. The van der Waals surface area contributed by atoms with Crippen LogP contribution in [-0.2, 0) is 0 Å². The van der Waals surface area contributed by atoms with Crippen molar-refractivity contribution in [3.05, 3.63) is 23.8 Å². The highest BCUT2D eigenvalue weighted by atomic mass is 16.3. The van der Waals surface area contributed by atoms with E-state index in [1.807, 2.05) is 19.9 Å². The molecule has 0 aromatic heterocycles. The standard InChI is InChI=1S/C21H33NO2/c1-3-4-7-15(2)20(23)10-9-18-19-13-16(8-5-6-11-22)12-17(19)14-21(18)24/h8-10,15,17-21,23-24H,5-7,11-14,22H2,1-2H3/b10-9+,16-8?/t15-,17+,18-,19+,20+,21-/m1/s1. The Kier molecular flexibility index (Phi) is 7.55. The average molecular weight is 332 g/mol. The molecule has 0 aromatic carbocycles. The lowest BCUT2D eigenvalue weighted by atomic mass is 9.89. The first kappa shape index (κ1) is 19.2. The van der Waals surface area contributed by atoms with E-state index in [0.717, 1.165) is 38.6 Å². The van der Waals surface area contributed by atoms with E-state index in [-0.39, 0.29) is 17.9 Å². The van der Waals surface area contributed by atoms with Crippen LogP contribution in [0, 0.1) is 35.5 Å². The molecule has 3 heteroatoms. The lowest BCUT2D eigenvalue weighted by Gasteiger charge is -2.19. The lowest BCUT2D eigenvalue weighted by molar-refractivity contribution is 0.137. The summed E-state index contributed by atoms with van der Waals surface area (Å²) < 4.78 is 0. The van der Waals surface area contributed by atoms with Crippen molar-refractivity contribution in [3.63, 3.8) is 0 Å². The molecule has 24 heavy (non-hydrogen) atoms. The second kappa shape index (κ2) is 9.42. The Balaban J connectivity index is 1.93. The van der Waals surface area contributed by atoms with Crippen LogP contribution in [0.1, 0.15) is 52.4 Å². The van der Waals surface area contributed by atoms with Gasteiger partial charge in [-0.3, -0.25) is 0 Å². The van der Waals surface area contributed by atoms with Crippen LogP contribution in [0.4, 0.5) is 0 Å². The van der Waals surface area contributed by atoms with Gasteiger partial charge < -0.3 is 15.9 Å². The van der Waals surface area contributed by atoms with Gasteiger partial charge in [0.15, 0.2) is 0 Å². The Hall–Kier alpha value is -1.08. The quantitative estimate of drug-likeness (QED) is 0.382. The molecule has 0 spiro atoms. The second-order valence-corrected chi connectivity index (χ2v) is 7.49. The van der Waals surface area contributed by atoms with Gasteiger partial charge in [0.25, 0.3) is 0 Å². The minimum Gasteiger partial charge on any atom is -0.392 e. The molecule has 2 fully saturated rings. The van der Waals surface area contributed by atoms with Gasteiger partial charge in [-0.2, -0.15) is 0 Å². The number of hydrogen-bond acceptors (Lipinski definition) is 3. The predicted molar refractivity (Wildman–Crippen MR) is 99.1 cm³/mol. The molecule has 0 heterocycles. The van der Waals surface area contributed by atoms with Gasteiger partial charge >= 0.3 is 0 Å². The van der Waals surface area contributed by atoms with Gasteiger partial charge in [-0.15, -0.1) is 11.8 Å². The van der Waals surface area contributed by atoms with Crippen LogP contribution in [0.25, 0.3) is 0 Å². The topological polar surface area (TPSA) is 66.5 Å². The van der Waals surface area contributed by atoms with Crippen LogP contribution in [0.5, 0.6) is 0 Å². The smallest absolute Gasteiger partial charge is 0.0755 e. The highest BCUT2D eigenvalue weighted by Gasteiger charge is 2.44. The van der Waals surface area contributed by atoms with E-state index in [1.54, 1.807) is 0 Å². The highest BCUT2D eigenvalue weighted by molar-refractivity contribution is 5.18. The fourth-order valence-electron chi connectivity index (χ4n) is 4.18.